The highest BCUT2D eigenvalue weighted by molar-refractivity contribution is 6.22. The van der Waals surface area contributed by atoms with E-state index in [1.54, 1.807) is 6.08 Å². The van der Waals surface area contributed by atoms with Crippen LogP contribution in [-0.4, -0.2) is 10.4 Å². The first-order valence-electron chi connectivity index (χ1n) is 4.85. The zero-order chi connectivity index (χ0) is 11.8. The van der Waals surface area contributed by atoms with Crippen molar-refractivity contribution >= 4 is 17.2 Å². The number of alkyl halides is 4. The quantitative estimate of drug-likeness (QED) is 0.686. The van der Waals surface area contributed by atoms with E-state index in [0.717, 1.165) is 12.3 Å². The van der Waals surface area contributed by atoms with Crippen LogP contribution < -0.4 is 0 Å². The van der Waals surface area contributed by atoms with Crippen molar-refractivity contribution in [2.24, 2.45) is 0 Å². The monoisotopic (exact) mass is 247 g/mol. The molecule has 1 aromatic heterocycles. The lowest BCUT2D eigenvalue weighted by Crippen LogP contribution is -2.08. The molecule has 86 valence electrons. The number of nitrogens with zero attached hydrogens (tertiary/aromatic N) is 1. The summed E-state index contributed by atoms with van der Waals surface area (Å²) >= 11 is 5.85. The Morgan fingerprint density at radius 3 is 2.69 bits per heavy atom. The molecule has 0 N–H and O–H groups in total. The van der Waals surface area contributed by atoms with E-state index in [1.165, 1.54) is 6.20 Å². The number of rotatable bonds is 1. The predicted molar refractivity (Wildman–Crippen MR) is 56.1 cm³/mol. The molecule has 16 heavy (non-hydrogen) atoms. The van der Waals surface area contributed by atoms with Crippen molar-refractivity contribution in [2.45, 2.75) is 24.4 Å². The van der Waals surface area contributed by atoms with E-state index in [2.05, 4.69) is 4.98 Å². The Labute approximate surface area is 95.9 Å². The van der Waals surface area contributed by atoms with E-state index < -0.39 is 11.7 Å². The van der Waals surface area contributed by atoms with Crippen LogP contribution in [0.25, 0.3) is 5.57 Å². The summed E-state index contributed by atoms with van der Waals surface area (Å²) in [4.78, 5) is 3.74. The lowest BCUT2D eigenvalue weighted by Gasteiger charge is -2.12. The van der Waals surface area contributed by atoms with Crippen LogP contribution in [0.15, 0.2) is 24.5 Å². The maximum atomic E-state index is 12.7. The SMILES string of the molecule is FC(F)(F)c1ccncc1C1=CC(Cl)CC1. The van der Waals surface area contributed by atoms with Gasteiger partial charge < -0.3 is 0 Å². The van der Waals surface area contributed by atoms with Crippen molar-refractivity contribution in [2.75, 3.05) is 0 Å². The van der Waals surface area contributed by atoms with E-state index in [9.17, 15) is 13.2 Å². The van der Waals surface area contributed by atoms with Crippen LogP contribution >= 0.6 is 11.6 Å². The third kappa shape index (κ3) is 2.21. The number of aromatic nitrogens is 1. The molecule has 0 fully saturated rings. The summed E-state index contributed by atoms with van der Waals surface area (Å²) in [5, 5.41) is -0.170. The molecule has 0 aromatic carbocycles. The molecule has 1 atom stereocenters. The average molecular weight is 248 g/mol. The first kappa shape index (κ1) is 11.5. The highest BCUT2D eigenvalue weighted by Crippen LogP contribution is 2.38. The third-order valence-electron chi connectivity index (χ3n) is 2.54. The molecule has 0 bridgehead atoms. The summed E-state index contributed by atoms with van der Waals surface area (Å²) in [5.41, 5.74) is 0.151. The molecule has 0 saturated heterocycles. The molecule has 0 spiro atoms. The number of hydrogen-bond donors (Lipinski definition) is 0. The maximum Gasteiger partial charge on any atom is 0.417 e. The van der Waals surface area contributed by atoms with Crippen molar-refractivity contribution in [3.63, 3.8) is 0 Å². The van der Waals surface area contributed by atoms with Crippen molar-refractivity contribution in [3.8, 4) is 0 Å². The average Bonchev–Trinajstić information content (AvgIpc) is 2.64. The first-order valence-corrected chi connectivity index (χ1v) is 5.28. The molecule has 5 heteroatoms. The zero-order valence-electron chi connectivity index (χ0n) is 8.26. The van der Waals surface area contributed by atoms with Gasteiger partial charge in [-0.3, -0.25) is 4.98 Å². The standard InChI is InChI=1S/C11H9ClF3N/c12-8-2-1-7(5-8)9-6-16-4-3-10(9)11(13,14)15/h3-6,8H,1-2H2. The Hall–Kier alpha value is -1.03. The molecule has 1 unspecified atom stereocenters. The van der Waals surface area contributed by atoms with E-state index in [-0.39, 0.29) is 10.9 Å². The van der Waals surface area contributed by atoms with Crippen molar-refractivity contribution in [1.29, 1.82) is 0 Å². The normalized spacial score (nSPS) is 21.0. The summed E-state index contributed by atoms with van der Waals surface area (Å²) in [6, 6.07) is 0.998. The molecule has 1 aromatic rings. The van der Waals surface area contributed by atoms with Crippen LogP contribution in [0, 0.1) is 0 Å². The highest BCUT2D eigenvalue weighted by atomic mass is 35.5. The smallest absolute Gasteiger partial charge is 0.264 e. The molecular formula is C11H9ClF3N. The van der Waals surface area contributed by atoms with Crippen LogP contribution in [-0.2, 0) is 6.18 Å². The second-order valence-corrected chi connectivity index (χ2v) is 4.23. The van der Waals surface area contributed by atoms with E-state index in [1.807, 2.05) is 0 Å². The minimum Gasteiger partial charge on any atom is -0.264 e. The van der Waals surface area contributed by atoms with Gasteiger partial charge in [0.1, 0.15) is 0 Å². The van der Waals surface area contributed by atoms with Crippen LogP contribution in [0.4, 0.5) is 13.2 Å². The van der Waals surface area contributed by atoms with Gasteiger partial charge in [0.25, 0.3) is 0 Å². The van der Waals surface area contributed by atoms with Crippen LogP contribution in [0.5, 0.6) is 0 Å². The van der Waals surface area contributed by atoms with E-state index >= 15 is 0 Å². The van der Waals surface area contributed by atoms with Crippen molar-refractivity contribution in [3.05, 3.63) is 35.7 Å². The lowest BCUT2D eigenvalue weighted by molar-refractivity contribution is -0.137. The summed E-state index contributed by atoms with van der Waals surface area (Å²) in [5.74, 6) is 0. The fraction of sp³-hybridized carbons (Fsp3) is 0.364. The van der Waals surface area contributed by atoms with Gasteiger partial charge in [-0.25, -0.2) is 0 Å². The minimum absolute atomic E-state index is 0.151. The number of allylic oxidation sites excluding steroid dienone is 2. The second-order valence-electron chi connectivity index (χ2n) is 3.67. The van der Waals surface area contributed by atoms with Crippen molar-refractivity contribution < 1.29 is 13.2 Å². The fourth-order valence-corrected chi connectivity index (χ4v) is 2.06. The zero-order valence-corrected chi connectivity index (χ0v) is 9.02. The maximum absolute atomic E-state index is 12.7. The van der Waals surface area contributed by atoms with Crippen LogP contribution in [0.2, 0.25) is 0 Å². The molecule has 1 heterocycles. The highest BCUT2D eigenvalue weighted by Gasteiger charge is 2.34. The molecule has 1 aliphatic carbocycles. The van der Waals surface area contributed by atoms with Gasteiger partial charge in [0.2, 0.25) is 0 Å². The topological polar surface area (TPSA) is 12.9 Å². The molecule has 0 saturated carbocycles. The van der Waals surface area contributed by atoms with Gasteiger partial charge in [0.15, 0.2) is 0 Å². The van der Waals surface area contributed by atoms with Crippen LogP contribution in [0.1, 0.15) is 24.0 Å². The predicted octanol–water partition coefficient (Wildman–Crippen LogP) is 3.89. The van der Waals surface area contributed by atoms with Gasteiger partial charge in [-0.05, 0) is 24.5 Å². The molecule has 1 aliphatic rings. The molecule has 1 nitrogen and oxygen atoms in total. The fourth-order valence-electron chi connectivity index (χ4n) is 1.80. The van der Waals surface area contributed by atoms with Gasteiger partial charge in [-0.15, -0.1) is 11.6 Å². The Balaban J connectivity index is 2.45. The number of pyridine rings is 1. The molecule has 0 amide bonds. The second kappa shape index (κ2) is 4.09. The molecule has 0 aliphatic heterocycles. The van der Waals surface area contributed by atoms with Gasteiger partial charge in [0.05, 0.1) is 10.9 Å². The number of hydrogen-bond acceptors (Lipinski definition) is 1. The number of halogens is 4. The molecular weight excluding hydrogens is 239 g/mol. The van der Waals surface area contributed by atoms with Gasteiger partial charge in [0, 0.05) is 18.0 Å². The minimum atomic E-state index is -4.34. The van der Waals surface area contributed by atoms with E-state index in [4.69, 9.17) is 11.6 Å². The van der Waals surface area contributed by atoms with Gasteiger partial charge in [-0.2, -0.15) is 13.2 Å². The molecule has 2 rings (SSSR count). The Bertz CT molecular complexity index is 425. The lowest BCUT2D eigenvalue weighted by atomic mass is 10.0. The Morgan fingerprint density at radius 2 is 2.12 bits per heavy atom. The summed E-state index contributed by atoms with van der Waals surface area (Å²) in [7, 11) is 0. The van der Waals surface area contributed by atoms with Gasteiger partial charge in [-0.1, -0.05) is 6.08 Å². The third-order valence-corrected chi connectivity index (χ3v) is 2.89. The Morgan fingerprint density at radius 1 is 1.38 bits per heavy atom. The first-order chi connectivity index (χ1) is 7.48. The van der Waals surface area contributed by atoms with Crippen molar-refractivity contribution in [1.82, 2.24) is 4.98 Å². The summed E-state index contributed by atoms with van der Waals surface area (Å²) in [6.45, 7) is 0. The van der Waals surface area contributed by atoms with Gasteiger partial charge >= 0.3 is 6.18 Å². The summed E-state index contributed by atoms with van der Waals surface area (Å²) in [6.07, 6.45) is 0.993. The van der Waals surface area contributed by atoms with Crippen LogP contribution in [0.3, 0.4) is 0 Å². The largest absolute Gasteiger partial charge is 0.417 e. The molecule has 0 radical (unpaired) electrons. The van der Waals surface area contributed by atoms with E-state index in [0.29, 0.717) is 18.4 Å². The summed E-state index contributed by atoms with van der Waals surface area (Å²) < 4.78 is 38.1. The Kier molecular flexibility index (Phi) is 2.93.